The van der Waals surface area contributed by atoms with Crippen molar-refractivity contribution in [1.29, 1.82) is 0 Å². The monoisotopic (exact) mass is 217 g/mol. The van der Waals surface area contributed by atoms with E-state index in [2.05, 4.69) is 16.7 Å². The van der Waals surface area contributed by atoms with Gasteiger partial charge in [0.05, 0.1) is 18.4 Å². The summed E-state index contributed by atoms with van der Waals surface area (Å²) in [4.78, 5) is 0. The van der Waals surface area contributed by atoms with Crippen LogP contribution in [0.3, 0.4) is 0 Å². The Labute approximate surface area is 94.3 Å². The number of aryl methyl sites for hydroxylation is 1. The van der Waals surface area contributed by atoms with E-state index in [0.717, 1.165) is 24.2 Å². The Kier molecular flexibility index (Phi) is 2.23. The molecule has 0 saturated heterocycles. The molecule has 1 aromatic heterocycles. The van der Waals surface area contributed by atoms with E-state index in [-0.39, 0.29) is 6.10 Å². The Balaban J connectivity index is 2.32. The van der Waals surface area contributed by atoms with Crippen LogP contribution in [0.4, 0.5) is 0 Å². The number of ether oxygens (including phenoxy) is 1. The number of aliphatic hydroxyl groups excluding tert-OH is 1. The van der Waals surface area contributed by atoms with Crippen LogP contribution in [0.15, 0.2) is 24.3 Å². The van der Waals surface area contributed by atoms with Crippen molar-refractivity contribution in [2.75, 3.05) is 7.11 Å². The standard InChI is InChI=1S/C13H15NO2/c1-16-8-10-9-4-2-3-5-11(9)14-7-6-12(15)13(10)14/h2-5,12,15H,6-8H2,1H3. The minimum atomic E-state index is -0.336. The van der Waals surface area contributed by atoms with Gasteiger partial charge in [0, 0.05) is 30.1 Å². The fourth-order valence-corrected chi connectivity index (χ4v) is 2.70. The second-order valence-corrected chi connectivity index (χ2v) is 4.27. The van der Waals surface area contributed by atoms with Gasteiger partial charge in [-0.2, -0.15) is 0 Å². The van der Waals surface area contributed by atoms with E-state index >= 15 is 0 Å². The molecule has 0 spiro atoms. The Morgan fingerprint density at radius 3 is 3.06 bits per heavy atom. The van der Waals surface area contributed by atoms with E-state index < -0.39 is 0 Å². The summed E-state index contributed by atoms with van der Waals surface area (Å²) in [6.45, 7) is 1.47. The highest BCUT2D eigenvalue weighted by molar-refractivity contribution is 5.86. The predicted molar refractivity (Wildman–Crippen MR) is 62.2 cm³/mol. The molecule has 0 aliphatic carbocycles. The molecule has 0 saturated carbocycles. The summed E-state index contributed by atoms with van der Waals surface area (Å²) < 4.78 is 7.46. The third-order valence-corrected chi connectivity index (χ3v) is 3.35. The van der Waals surface area contributed by atoms with Gasteiger partial charge in [0.25, 0.3) is 0 Å². The molecule has 0 fully saturated rings. The maximum atomic E-state index is 10.0. The van der Waals surface area contributed by atoms with E-state index in [4.69, 9.17) is 4.74 Å². The molecule has 84 valence electrons. The summed E-state index contributed by atoms with van der Waals surface area (Å²) in [7, 11) is 1.69. The number of hydrogen-bond acceptors (Lipinski definition) is 2. The molecule has 1 aliphatic rings. The molecular weight excluding hydrogens is 202 g/mol. The number of para-hydroxylation sites is 1. The molecular formula is C13H15NO2. The van der Waals surface area contributed by atoms with Crippen LogP contribution in [0.1, 0.15) is 23.8 Å². The maximum Gasteiger partial charge on any atom is 0.0960 e. The van der Waals surface area contributed by atoms with Crippen LogP contribution in [-0.2, 0) is 17.9 Å². The lowest BCUT2D eigenvalue weighted by atomic mass is 10.1. The van der Waals surface area contributed by atoms with E-state index in [1.165, 1.54) is 10.9 Å². The van der Waals surface area contributed by atoms with E-state index in [0.29, 0.717) is 6.61 Å². The first kappa shape index (κ1) is 9.87. The second kappa shape index (κ2) is 3.61. The number of aromatic nitrogens is 1. The van der Waals surface area contributed by atoms with Crippen LogP contribution < -0.4 is 0 Å². The number of aliphatic hydroxyl groups is 1. The van der Waals surface area contributed by atoms with Crippen LogP contribution in [0.5, 0.6) is 0 Å². The summed E-state index contributed by atoms with van der Waals surface area (Å²) in [6.07, 6.45) is 0.481. The first-order valence-corrected chi connectivity index (χ1v) is 5.60. The van der Waals surface area contributed by atoms with Crippen molar-refractivity contribution in [1.82, 2.24) is 4.57 Å². The number of benzene rings is 1. The zero-order valence-corrected chi connectivity index (χ0v) is 9.31. The Morgan fingerprint density at radius 2 is 2.25 bits per heavy atom. The highest BCUT2D eigenvalue weighted by atomic mass is 16.5. The largest absolute Gasteiger partial charge is 0.387 e. The highest BCUT2D eigenvalue weighted by Crippen LogP contribution is 2.37. The summed E-state index contributed by atoms with van der Waals surface area (Å²) in [5, 5.41) is 11.2. The topological polar surface area (TPSA) is 34.4 Å². The number of hydrogen-bond donors (Lipinski definition) is 1. The van der Waals surface area contributed by atoms with Gasteiger partial charge in [-0.3, -0.25) is 0 Å². The maximum absolute atomic E-state index is 10.0. The quantitative estimate of drug-likeness (QED) is 0.837. The fourth-order valence-electron chi connectivity index (χ4n) is 2.70. The van der Waals surface area contributed by atoms with E-state index in [1.807, 2.05) is 12.1 Å². The van der Waals surface area contributed by atoms with Gasteiger partial charge in [0.15, 0.2) is 0 Å². The molecule has 1 aromatic carbocycles. The average Bonchev–Trinajstić information content (AvgIpc) is 2.81. The lowest BCUT2D eigenvalue weighted by molar-refractivity contribution is 0.164. The Hall–Kier alpha value is -1.32. The molecule has 3 rings (SSSR count). The van der Waals surface area contributed by atoms with Crippen LogP contribution in [-0.4, -0.2) is 16.8 Å². The molecule has 0 amide bonds. The number of rotatable bonds is 2. The SMILES string of the molecule is COCc1c2n(c3ccccc13)CCC2O. The average molecular weight is 217 g/mol. The summed E-state index contributed by atoms with van der Waals surface area (Å²) >= 11 is 0. The van der Waals surface area contributed by atoms with Gasteiger partial charge in [0.2, 0.25) is 0 Å². The molecule has 0 radical (unpaired) electrons. The summed E-state index contributed by atoms with van der Waals surface area (Å²) in [6, 6.07) is 8.28. The van der Waals surface area contributed by atoms with E-state index in [9.17, 15) is 5.11 Å². The normalized spacial score (nSPS) is 19.2. The zero-order chi connectivity index (χ0) is 11.1. The van der Waals surface area contributed by atoms with E-state index in [1.54, 1.807) is 7.11 Å². The van der Waals surface area contributed by atoms with Gasteiger partial charge >= 0.3 is 0 Å². The first-order valence-electron chi connectivity index (χ1n) is 5.60. The first-order chi connectivity index (χ1) is 7.83. The minimum Gasteiger partial charge on any atom is -0.387 e. The van der Waals surface area contributed by atoms with Crippen molar-refractivity contribution < 1.29 is 9.84 Å². The van der Waals surface area contributed by atoms with Crippen molar-refractivity contribution >= 4 is 10.9 Å². The third kappa shape index (κ3) is 1.22. The number of nitrogens with zero attached hydrogens (tertiary/aromatic N) is 1. The third-order valence-electron chi connectivity index (χ3n) is 3.35. The van der Waals surface area contributed by atoms with Crippen molar-refractivity contribution in [3.05, 3.63) is 35.5 Å². The van der Waals surface area contributed by atoms with Crippen molar-refractivity contribution in [2.45, 2.75) is 25.7 Å². The lowest BCUT2D eigenvalue weighted by Gasteiger charge is -2.05. The van der Waals surface area contributed by atoms with Gasteiger partial charge in [-0.15, -0.1) is 0 Å². The molecule has 1 N–H and O–H groups in total. The van der Waals surface area contributed by atoms with Gasteiger partial charge < -0.3 is 14.4 Å². The molecule has 3 nitrogen and oxygen atoms in total. The van der Waals surface area contributed by atoms with Crippen molar-refractivity contribution in [3.8, 4) is 0 Å². The van der Waals surface area contributed by atoms with Gasteiger partial charge in [-0.25, -0.2) is 0 Å². The zero-order valence-electron chi connectivity index (χ0n) is 9.31. The summed E-state index contributed by atoms with van der Waals surface area (Å²) in [5.41, 5.74) is 3.40. The minimum absolute atomic E-state index is 0.336. The highest BCUT2D eigenvalue weighted by Gasteiger charge is 2.27. The van der Waals surface area contributed by atoms with Crippen LogP contribution in [0.25, 0.3) is 10.9 Å². The number of methoxy groups -OCH3 is 1. The Morgan fingerprint density at radius 1 is 1.44 bits per heavy atom. The molecule has 16 heavy (non-hydrogen) atoms. The fraction of sp³-hybridized carbons (Fsp3) is 0.385. The lowest BCUT2D eigenvalue weighted by Crippen LogP contribution is -1.98. The second-order valence-electron chi connectivity index (χ2n) is 4.27. The van der Waals surface area contributed by atoms with Crippen molar-refractivity contribution in [2.24, 2.45) is 0 Å². The van der Waals surface area contributed by atoms with Gasteiger partial charge in [-0.05, 0) is 12.5 Å². The molecule has 1 aliphatic heterocycles. The Bertz CT molecular complexity index is 530. The molecule has 3 heteroatoms. The number of fused-ring (bicyclic) bond motifs is 3. The van der Waals surface area contributed by atoms with Crippen LogP contribution >= 0.6 is 0 Å². The van der Waals surface area contributed by atoms with Gasteiger partial charge in [0.1, 0.15) is 0 Å². The molecule has 2 aromatic rings. The van der Waals surface area contributed by atoms with Crippen LogP contribution in [0, 0.1) is 0 Å². The molecule has 1 unspecified atom stereocenters. The molecule has 2 heterocycles. The van der Waals surface area contributed by atoms with Gasteiger partial charge in [-0.1, -0.05) is 18.2 Å². The predicted octanol–water partition coefficient (Wildman–Crippen LogP) is 2.22. The molecule has 1 atom stereocenters. The smallest absolute Gasteiger partial charge is 0.0960 e. The van der Waals surface area contributed by atoms with Crippen molar-refractivity contribution in [3.63, 3.8) is 0 Å². The molecule has 0 bridgehead atoms. The van der Waals surface area contributed by atoms with Crippen LogP contribution in [0.2, 0.25) is 0 Å². The summed E-state index contributed by atoms with van der Waals surface area (Å²) in [5.74, 6) is 0.